The molecule has 1 aromatic heterocycles. The zero-order valence-corrected chi connectivity index (χ0v) is 34.1. The van der Waals surface area contributed by atoms with Gasteiger partial charge in [0.15, 0.2) is 0 Å². The lowest BCUT2D eigenvalue weighted by Crippen LogP contribution is -2.41. The number of nitrogens with one attached hydrogen (secondary N) is 2. The second-order valence-electron chi connectivity index (χ2n) is 14.9. The molecule has 0 radical (unpaired) electrons. The summed E-state index contributed by atoms with van der Waals surface area (Å²) in [6.45, 7) is 7.42. The second kappa shape index (κ2) is 20.2. The number of thiophene rings is 1. The van der Waals surface area contributed by atoms with E-state index in [1.54, 1.807) is 30.1 Å². The highest BCUT2D eigenvalue weighted by molar-refractivity contribution is 7.17. The van der Waals surface area contributed by atoms with Gasteiger partial charge in [-0.1, -0.05) is 57.2 Å². The summed E-state index contributed by atoms with van der Waals surface area (Å²) in [5.41, 5.74) is 6.00. The molecule has 1 aliphatic carbocycles. The number of carboxylic acids is 2. The first-order valence-corrected chi connectivity index (χ1v) is 20.7. The van der Waals surface area contributed by atoms with E-state index >= 15 is 0 Å². The molecule has 0 spiro atoms. The first-order chi connectivity index (χ1) is 27.4. The van der Waals surface area contributed by atoms with Crippen molar-refractivity contribution < 1.29 is 34.2 Å². The van der Waals surface area contributed by atoms with Gasteiger partial charge in [-0.3, -0.25) is 24.1 Å². The van der Waals surface area contributed by atoms with Crippen molar-refractivity contribution in [2.45, 2.75) is 91.1 Å². The summed E-state index contributed by atoms with van der Waals surface area (Å²) >= 11 is 1.48. The number of benzene rings is 3. The smallest absolute Gasteiger partial charge is 0.335 e. The van der Waals surface area contributed by atoms with Crippen LogP contribution in [-0.2, 0) is 41.8 Å². The van der Waals surface area contributed by atoms with Gasteiger partial charge in [-0.15, -0.1) is 11.3 Å². The van der Waals surface area contributed by atoms with Gasteiger partial charge in [0.25, 0.3) is 11.8 Å². The first-order valence-electron chi connectivity index (χ1n) is 19.8. The highest BCUT2D eigenvalue weighted by atomic mass is 32.1. The van der Waals surface area contributed by atoms with Crippen LogP contribution in [0.2, 0.25) is 0 Å². The van der Waals surface area contributed by atoms with Crippen molar-refractivity contribution in [1.29, 1.82) is 0 Å². The topological polar surface area (TPSA) is 156 Å². The Morgan fingerprint density at radius 3 is 2.05 bits per heavy atom. The zero-order valence-electron chi connectivity index (χ0n) is 33.3. The number of aryl methyl sites for hydroxylation is 3. The lowest BCUT2D eigenvalue weighted by atomic mass is 9.95. The minimum atomic E-state index is -0.988. The van der Waals surface area contributed by atoms with E-state index < -0.39 is 17.9 Å². The van der Waals surface area contributed by atoms with E-state index in [-0.39, 0.29) is 35.7 Å². The minimum absolute atomic E-state index is 0.0470. The van der Waals surface area contributed by atoms with Crippen LogP contribution in [0.5, 0.6) is 0 Å². The molecule has 1 atom stereocenters. The fourth-order valence-corrected chi connectivity index (χ4v) is 8.55. The number of carbonyl (C=O) groups is 5. The van der Waals surface area contributed by atoms with Crippen LogP contribution in [0.1, 0.15) is 111 Å². The Morgan fingerprint density at radius 1 is 0.772 bits per heavy atom. The molecule has 0 saturated carbocycles. The highest BCUT2D eigenvalue weighted by Gasteiger charge is 2.27. The van der Waals surface area contributed by atoms with Crippen molar-refractivity contribution in [3.63, 3.8) is 0 Å². The molecule has 5 rings (SSSR count). The van der Waals surface area contributed by atoms with Gasteiger partial charge < -0.3 is 25.7 Å². The molecule has 0 aliphatic heterocycles. The van der Waals surface area contributed by atoms with Crippen LogP contribution in [0.4, 0.5) is 10.7 Å². The van der Waals surface area contributed by atoms with Gasteiger partial charge in [-0.25, -0.2) is 4.79 Å². The van der Waals surface area contributed by atoms with E-state index in [2.05, 4.69) is 29.4 Å². The summed E-state index contributed by atoms with van der Waals surface area (Å²) in [7, 11) is 1.70. The third-order valence-electron chi connectivity index (χ3n) is 10.8. The van der Waals surface area contributed by atoms with Gasteiger partial charge in [0.1, 0.15) is 5.00 Å². The predicted molar refractivity (Wildman–Crippen MR) is 224 cm³/mol. The van der Waals surface area contributed by atoms with Gasteiger partial charge in [0.2, 0.25) is 5.91 Å². The molecule has 12 heteroatoms. The van der Waals surface area contributed by atoms with Gasteiger partial charge >= 0.3 is 11.9 Å². The number of anilines is 2. The third-order valence-corrected chi connectivity index (χ3v) is 12.0. The lowest BCUT2D eigenvalue weighted by Gasteiger charge is -2.32. The molecule has 0 fully saturated rings. The Kier molecular flexibility index (Phi) is 15.2. The summed E-state index contributed by atoms with van der Waals surface area (Å²) in [6, 6.07) is 22.4. The number of fused-ring (bicyclic) bond motifs is 1. The summed E-state index contributed by atoms with van der Waals surface area (Å²) in [5, 5.41) is 25.1. The Bertz CT molecular complexity index is 2040. The van der Waals surface area contributed by atoms with E-state index in [0.29, 0.717) is 41.4 Å². The molecule has 1 aliphatic rings. The maximum Gasteiger partial charge on any atom is 0.335 e. The molecule has 4 aromatic rings. The molecule has 11 nitrogen and oxygen atoms in total. The Hall–Kier alpha value is -5.33. The number of likely N-dealkylation sites (N-methyl/N-ethyl adjacent to an activating group) is 1. The van der Waals surface area contributed by atoms with Gasteiger partial charge in [0, 0.05) is 55.3 Å². The molecule has 0 bridgehead atoms. The number of aromatic carboxylic acids is 1. The molecular formula is C45H54N4O7S. The third kappa shape index (κ3) is 11.6. The first kappa shape index (κ1) is 42.8. The predicted octanol–water partition coefficient (Wildman–Crippen LogP) is 8.17. The fourth-order valence-electron chi connectivity index (χ4n) is 7.27. The van der Waals surface area contributed by atoms with Crippen molar-refractivity contribution in [1.82, 2.24) is 9.80 Å². The molecule has 3 aromatic carbocycles. The summed E-state index contributed by atoms with van der Waals surface area (Å²) in [6.07, 6.45) is 6.95. The number of rotatable bonds is 19. The average Bonchev–Trinajstić information content (AvgIpc) is 3.57. The molecular weight excluding hydrogens is 741 g/mol. The number of nitrogens with zero attached hydrogens (tertiary/aromatic N) is 2. The molecule has 302 valence electrons. The van der Waals surface area contributed by atoms with E-state index in [9.17, 15) is 29.1 Å². The van der Waals surface area contributed by atoms with Crippen LogP contribution >= 0.6 is 11.3 Å². The number of carboxylic acid groups (broad SMARTS) is 2. The number of hydrogen-bond acceptors (Lipinski definition) is 7. The van der Waals surface area contributed by atoms with E-state index in [1.165, 1.54) is 18.3 Å². The van der Waals surface area contributed by atoms with Crippen LogP contribution in [0.25, 0.3) is 0 Å². The zero-order chi connectivity index (χ0) is 41.1. The SMILES string of the molecule is CCC(CC)N(CCN(C)C(=O)C[C@@H](C)C(=O)O)Cc1cccc(C(=O)Nc2sc3c(c2C(=O)Nc2ccc(CCc4ccc(C(=O)O)cc4)cc2)CCCC3)c1. The van der Waals surface area contributed by atoms with Gasteiger partial charge in [0.05, 0.1) is 17.0 Å². The number of hydrogen-bond donors (Lipinski definition) is 4. The Balaban J connectivity index is 1.25. The standard InChI is InChI=1S/C45H54N4O7S/c1-5-36(6-2)49(25-24-48(4)39(50)26-29(3)44(53)54)28-32-10-9-11-34(27-32)41(51)47-43-40(37-12-7-8-13-38(37)57-43)42(52)46-35-22-18-31(19-23-35)15-14-30-16-20-33(21-17-30)45(55)56/h9-11,16-23,27,29,36H,5-8,12-15,24-26,28H2,1-4H3,(H,46,52)(H,47,51)(H,53,54)(H,55,56)/t29-/m1/s1. The Labute approximate surface area is 339 Å². The maximum atomic E-state index is 13.9. The fraction of sp³-hybridized carbons (Fsp3) is 0.400. The summed E-state index contributed by atoms with van der Waals surface area (Å²) < 4.78 is 0. The molecule has 4 N–H and O–H groups in total. The van der Waals surface area contributed by atoms with Crippen molar-refractivity contribution in [3.05, 3.63) is 117 Å². The highest BCUT2D eigenvalue weighted by Crippen LogP contribution is 2.39. The molecule has 0 saturated heterocycles. The van der Waals surface area contributed by atoms with Crippen LogP contribution < -0.4 is 10.6 Å². The van der Waals surface area contributed by atoms with Crippen LogP contribution in [0.3, 0.4) is 0 Å². The summed E-state index contributed by atoms with van der Waals surface area (Å²) in [4.78, 5) is 67.9. The maximum absolute atomic E-state index is 13.9. The van der Waals surface area contributed by atoms with Crippen molar-refractivity contribution in [2.24, 2.45) is 5.92 Å². The van der Waals surface area contributed by atoms with Gasteiger partial charge in [-0.05, 0) is 110 Å². The van der Waals surface area contributed by atoms with Crippen molar-refractivity contribution in [3.8, 4) is 0 Å². The molecule has 0 unspecified atom stereocenters. The normalized spacial score (nSPS) is 12.9. The number of carbonyl (C=O) groups excluding carboxylic acids is 3. The van der Waals surface area contributed by atoms with E-state index in [4.69, 9.17) is 5.11 Å². The summed E-state index contributed by atoms with van der Waals surface area (Å²) in [5.74, 6) is -3.44. The van der Waals surface area contributed by atoms with E-state index in [0.717, 1.165) is 78.5 Å². The van der Waals surface area contributed by atoms with Crippen molar-refractivity contribution >= 4 is 51.7 Å². The largest absolute Gasteiger partial charge is 0.481 e. The van der Waals surface area contributed by atoms with Crippen LogP contribution in [-0.4, -0.2) is 75.9 Å². The Morgan fingerprint density at radius 2 is 1.42 bits per heavy atom. The average molecular weight is 795 g/mol. The quantitative estimate of drug-likeness (QED) is 0.0741. The molecule has 3 amide bonds. The number of aliphatic carboxylic acids is 1. The molecule has 57 heavy (non-hydrogen) atoms. The molecule has 1 heterocycles. The van der Waals surface area contributed by atoms with Gasteiger partial charge in [-0.2, -0.15) is 0 Å². The van der Waals surface area contributed by atoms with Crippen LogP contribution in [0, 0.1) is 5.92 Å². The van der Waals surface area contributed by atoms with Crippen LogP contribution in [0.15, 0.2) is 72.8 Å². The van der Waals surface area contributed by atoms with E-state index in [1.807, 2.05) is 54.6 Å². The minimum Gasteiger partial charge on any atom is -0.481 e. The lowest BCUT2D eigenvalue weighted by molar-refractivity contribution is -0.145. The number of amides is 3. The monoisotopic (exact) mass is 794 g/mol. The van der Waals surface area contributed by atoms with Crippen molar-refractivity contribution in [2.75, 3.05) is 30.8 Å². The second-order valence-corrected chi connectivity index (χ2v) is 16.0.